The highest BCUT2D eigenvalue weighted by molar-refractivity contribution is 14.2. The van der Waals surface area contributed by atoms with E-state index in [1.165, 1.54) is 33.2 Å². The number of hydrogen-bond donors (Lipinski definition) is 0. The van der Waals surface area contributed by atoms with Gasteiger partial charge in [0.15, 0.2) is 0 Å². The van der Waals surface area contributed by atoms with Crippen molar-refractivity contribution in [1.82, 2.24) is 8.87 Å². The molecule has 6 heteroatoms. The highest BCUT2D eigenvalue weighted by atomic mass is 127. The number of fused-ring (bicyclic) bond motifs is 1. The smallest absolute Gasteiger partial charge is 0.0991 e. The first-order valence-corrected chi connectivity index (χ1v) is 13.5. The van der Waals surface area contributed by atoms with E-state index in [-0.39, 0.29) is 12.1 Å². The molecule has 156 valence electrons. The van der Waals surface area contributed by atoms with Crippen molar-refractivity contribution in [2.45, 2.75) is 45.4 Å². The van der Waals surface area contributed by atoms with Crippen LogP contribution in [0.25, 0.3) is 10.9 Å². The molecule has 1 aliphatic rings. The Kier molecular flexibility index (Phi) is 6.73. The van der Waals surface area contributed by atoms with Crippen molar-refractivity contribution in [2.24, 2.45) is 0 Å². The number of likely N-dealkylation sites (tertiary alicyclic amines) is 1. The lowest BCUT2D eigenvalue weighted by atomic mass is 9.91. The fourth-order valence-electron chi connectivity index (χ4n) is 4.72. The van der Waals surface area contributed by atoms with Gasteiger partial charge in [0, 0.05) is 68.1 Å². The first kappa shape index (κ1) is 21.7. The summed E-state index contributed by atoms with van der Waals surface area (Å²) in [5, 5.41) is 10.5. The monoisotopic (exact) mass is 531 g/mol. The van der Waals surface area contributed by atoms with Gasteiger partial charge in [-0.25, -0.2) is 0 Å². The fraction of sp³-hybridized carbons (Fsp3) is 0.375. The zero-order valence-electron chi connectivity index (χ0n) is 17.6. The zero-order valence-corrected chi connectivity index (χ0v) is 20.5. The lowest BCUT2D eigenvalue weighted by Crippen LogP contribution is -2.39. The van der Waals surface area contributed by atoms with Crippen LogP contribution in [0.1, 0.15) is 46.7 Å². The van der Waals surface area contributed by atoms with Crippen molar-refractivity contribution in [2.75, 3.05) is 13.7 Å². The summed E-state index contributed by atoms with van der Waals surface area (Å²) in [5.74, 6) is 0. The Balaban J connectivity index is 1.71. The van der Waals surface area contributed by atoms with Crippen molar-refractivity contribution in [3.05, 3.63) is 70.4 Å². The summed E-state index contributed by atoms with van der Waals surface area (Å²) in [4.78, 5) is 2.59. The van der Waals surface area contributed by atoms with Gasteiger partial charge in [-0.15, -0.1) is 0 Å². The average Bonchev–Trinajstić information content (AvgIpc) is 3.21. The number of hydrogen-bond acceptors (Lipinski definition) is 4. The van der Waals surface area contributed by atoms with Crippen LogP contribution in [0.4, 0.5) is 0 Å². The highest BCUT2D eigenvalue weighted by Gasteiger charge is 2.30. The van der Waals surface area contributed by atoms with E-state index in [4.69, 9.17) is 10.00 Å². The van der Waals surface area contributed by atoms with Crippen LogP contribution in [-0.2, 0) is 11.3 Å². The normalized spacial score (nSPS) is 19.8. The second-order valence-electron chi connectivity index (χ2n) is 8.06. The maximum Gasteiger partial charge on any atom is 0.0991 e. The molecular formula is C24H26IN3OS. The van der Waals surface area contributed by atoms with Gasteiger partial charge >= 0.3 is 0 Å². The molecule has 1 aromatic heterocycles. The first-order chi connectivity index (χ1) is 14.5. The second kappa shape index (κ2) is 9.31. The third-order valence-electron chi connectivity index (χ3n) is 6.32. The minimum absolute atomic E-state index is 0.275. The van der Waals surface area contributed by atoms with Crippen LogP contribution in [0.3, 0.4) is 0 Å². The number of methoxy groups -OCH3 is 1. The second-order valence-corrected chi connectivity index (χ2v) is 9.78. The SMILES string of the molecule is COC1CCN(Cc2c(C)cc(C)c3c2ccn3SI)C(c2ccc(C#N)cc2)C1. The molecule has 0 aliphatic carbocycles. The lowest BCUT2D eigenvalue weighted by molar-refractivity contribution is 0.00692. The van der Waals surface area contributed by atoms with Gasteiger partial charge in [0.25, 0.3) is 0 Å². The van der Waals surface area contributed by atoms with Crippen LogP contribution in [0, 0.1) is 25.2 Å². The van der Waals surface area contributed by atoms with Gasteiger partial charge in [-0.2, -0.15) is 5.26 Å². The third-order valence-corrected chi connectivity index (χ3v) is 8.04. The van der Waals surface area contributed by atoms with E-state index in [0.29, 0.717) is 5.56 Å². The lowest BCUT2D eigenvalue weighted by Gasteiger charge is -2.39. The minimum atomic E-state index is 0.275. The molecule has 4 rings (SSSR count). The number of aryl methyl sites for hydroxylation is 2. The summed E-state index contributed by atoms with van der Waals surface area (Å²) in [6.07, 6.45) is 4.47. The summed E-state index contributed by atoms with van der Waals surface area (Å²) in [6.45, 7) is 6.35. The van der Waals surface area contributed by atoms with E-state index in [1.807, 2.05) is 19.2 Å². The largest absolute Gasteiger partial charge is 0.381 e. The van der Waals surface area contributed by atoms with E-state index in [2.05, 4.69) is 80.5 Å². The number of ether oxygens (including phenoxy) is 1. The molecule has 30 heavy (non-hydrogen) atoms. The van der Waals surface area contributed by atoms with Crippen molar-refractivity contribution in [3.63, 3.8) is 0 Å². The summed E-state index contributed by atoms with van der Waals surface area (Å²) < 4.78 is 7.98. The summed E-state index contributed by atoms with van der Waals surface area (Å²) in [5.41, 5.74) is 7.37. The topological polar surface area (TPSA) is 41.2 Å². The molecule has 1 fully saturated rings. The Hall–Kier alpha value is -1.53. The van der Waals surface area contributed by atoms with Crippen LogP contribution in [0.2, 0.25) is 0 Å². The van der Waals surface area contributed by atoms with Crippen LogP contribution < -0.4 is 0 Å². The number of rotatable bonds is 5. The van der Waals surface area contributed by atoms with Crippen LogP contribution in [-0.4, -0.2) is 28.6 Å². The molecule has 1 aliphatic heterocycles. The summed E-state index contributed by atoms with van der Waals surface area (Å²) in [7, 11) is 3.53. The predicted molar refractivity (Wildman–Crippen MR) is 133 cm³/mol. The minimum Gasteiger partial charge on any atom is -0.381 e. The number of aromatic nitrogens is 1. The number of nitrogens with zero attached hydrogens (tertiary/aromatic N) is 3. The van der Waals surface area contributed by atoms with E-state index in [1.54, 1.807) is 9.12 Å². The third kappa shape index (κ3) is 4.13. The maximum absolute atomic E-state index is 9.16. The predicted octanol–water partition coefficient (Wildman–Crippen LogP) is 6.33. The Morgan fingerprint density at radius 1 is 1.20 bits per heavy atom. The van der Waals surface area contributed by atoms with E-state index >= 15 is 0 Å². The summed E-state index contributed by atoms with van der Waals surface area (Å²) >= 11 is 2.35. The first-order valence-electron chi connectivity index (χ1n) is 10.2. The Labute approximate surface area is 194 Å². The standard InChI is InChI=1S/C24H26IN3OS/c1-16-12-17(2)24-21(9-11-28(24)30-25)22(16)15-27-10-8-20(29-3)13-23(27)19-6-4-18(14-26)5-7-19/h4-7,9,11-12,20,23H,8,10,13,15H2,1-3H3. The molecule has 2 aromatic carbocycles. The zero-order chi connectivity index (χ0) is 21.3. The number of piperidine rings is 1. The molecule has 0 radical (unpaired) electrons. The molecule has 4 nitrogen and oxygen atoms in total. The molecular weight excluding hydrogens is 505 g/mol. The number of halogens is 1. The van der Waals surface area contributed by atoms with Crippen molar-refractivity contribution < 1.29 is 4.74 Å². The molecule has 0 bridgehead atoms. The van der Waals surface area contributed by atoms with Crippen molar-refractivity contribution >= 4 is 41.2 Å². The van der Waals surface area contributed by atoms with Gasteiger partial charge in [-0.1, -0.05) is 18.2 Å². The fourth-order valence-corrected chi connectivity index (χ4v) is 6.12. The maximum atomic E-state index is 9.16. The molecule has 2 atom stereocenters. The number of benzene rings is 2. The molecule has 0 spiro atoms. The van der Waals surface area contributed by atoms with E-state index in [9.17, 15) is 0 Å². The number of nitriles is 1. The average molecular weight is 531 g/mol. The Morgan fingerprint density at radius 3 is 2.63 bits per heavy atom. The molecule has 2 unspecified atom stereocenters. The highest BCUT2D eigenvalue weighted by Crippen LogP contribution is 2.37. The van der Waals surface area contributed by atoms with Crippen LogP contribution in [0.5, 0.6) is 0 Å². The van der Waals surface area contributed by atoms with Crippen LogP contribution >= 0.6 is 30.3 Å². The van der Waals surface area contributed by atoms with Crippen molar-refractivity contribution in [1.29, 1.82) is 5.26 Å². The van der Waals surface area contributed by atoms with Crippen molar-refractivity contribution in [3.8, 4) is 6.07 Å². The van der Waals surface area contributed by atoms with Gasteiger partial charge in [0.2, 0.25) is 0 Å². The Bertz CT molecular complexity index is 1090. The molecule has 0 saturated carbocycles. The van der Waals surface area contributed by atoms with Gasteiger partial charge in [-0.05, 0) is 67.1 Å². The quantitative estimate of drug-likeness (QED) is 0.361. The van der Waals surface area contributed by atoms with Gasteiger partial charge in [0.1, 0.15) is 0 Å². The van der Waals surface area contributed by atoms with Crippen LogP contribution in [0.15, 0.2) is 42.6 Å². The van der Waals surface area contributed by atoms with Gasteiger partial charge in [0.05, 0.1) is 23.3 Å². The molecule has 0 N–H and O–H groups in total. The summed E-state index contributed by atoms with van der Waals surface area (Å²) in [6, 6.07) is 15.2. The molecule has 2 heterocycles. The Morgan fingerprint density at radius 2 is 1.97 bits per heavy atom. The van der Waals surface area contributed by atoms with E-state index < -0.39 is 0 Å². The van der Waals surface area contributed by atoms with Gasteiger partial charge < -0.3 is 4.74 Å². The van der Waals surface area contributed by atoms with Gasteiger partial charge in [-0.3, -0.25) is 8.87 Å². The molecule has 1 saturated heterocycles. The molecule has 3 aromatic rings. The van der Waals surface area contributed by atoms with E-state index in [0.717, 1.165) is 25.9 Å². The molecule has 0 amide bonds.